The maximum Gasteiger partial charge on any atom is 0.0438 e. The van der Waals surface area contributed by atoms with E-state index in [4.69, 9.17) is 5.21 Å². The summed E-state index contributed by atoms with van der Waals surface area (Å²) in [7, 11) is 0. The van der Waals surface area contributed by atoms with Gasteiger partial charge in [0.1, 0.15) is 0 Å². The second-order valence-electron chi connectivity index (χ2n) is 5.41. The summed E-state index contributed by atoms with van der Waals surface area (Å²) in [5, 5.41) is 11.1. The lowest BCUT2D eigenvalue weighted by molar-refractivity contribution is 0.319. The van der Waals surface area contributed by atoms with Crippen molar-refractivity contribution in [1.82, 2.24) is 0 Å². The van der Waals surface area contributed by atoms with Gasteiger partial charge in [-0.05, 0) is 36.6 Å². The van der Waals surface area contributed by atoms with Gasteiger partial charge in [-0.1, -0.05) is 73.8 Å². The first-order valence-electron chi connectivity index (χ1n) is 7.82. The van der Waals surface area contributed by atoms with Crippen LogP contribution in [0.15, 0.2) is 75.6 Å². The average Bonchev–Trinajstić information content (AvgIpc) is 3.09. The van der Waals surface area contributed by atoms with Crippen LogP contribution in [0.25, 0.3) is 0 Å². The van der Waals surface area contributed by atoms with Crippen LogP contribution in [0.2, 0.25) is 0 Å². The summed E-state index contributed by atoms with van der Waals surface area (Å²) in [6.07, 6.45) is 7.96. The molecule has 0 bridgehead atoms. The van der Waals surface area contributed by atoms with Crippen molar-refractivity contribution in [3.63, 3.8) is 0 Å². The third-order valence-corrected chi connectivity index (χ3v) is 4.73. The van der Waals surface area contributed by atoms with Gasteiger partial charge < -0.3 is 5.21 Å². The molecule has 1 N–H and O–H groups in total. The van der Waals surface area contributed by atoms with Crippen LogP contribution in [-0.2, 0) is 0 Å². The van der Waals surface area contributed by atoms with Gasteiger partial charge in [-0.25, -0.2) is 0 Å². The fourth-order valence-electron chi connectivity index (χ4n) is 2.56. The molecule has 1 fully saturated rings. The molecule has 0 amide bonds. The molecule has 2 nitrogen and oxygen atoms in total. The maximum absolute atomic E-state index is 8.10. The Bertz CT molecular complexity index is 498. The van der Waals surface area contributed by atoms with Gasteiger partial charge in [0.05, 0.1) is 0 Å². The van der Waals surface area contributed by atoms with Gasteiger partial charge >= 0.3 is 0 Å². The summed E-state index contributed by atoms with van der Waals surface area (Å²) in [4.78, 5) is 2.57. The van der Waals surface area contributed by atoms with E-state index in [0.717, 1.165) is 12.3 Å². The Hall–Kier alpha value is -1.74. The summed E-state index contributed by atoms with van der Waals surface area (Å²) in [5.74, 6) is 0.806. The number of nitrogens with zero attached hydrogens (tertiary/aromatic N) is 1. The zero-order chi connectivity index (χ0) is 15.5. The Morgan fingerprint density at radius 3 is 1.86 bits per heavy atom. The third kappa shape index (κ3) is 6.35. The Morgan fingerprint density at radius 1 is 0.909 bits per heavy atom. The lowest BCUT2D eigenvalue weighted by Gasteiger charge is -2.00. The SMILES string of the molecule is ON=CCC1CCCC1.c1ccc(Sc2ccccc2)cc1. The molecule has 0 aliphatic heterocycles. The van der Waals surface area contributed by atoms with Gasteiger partial charge in [0, 0.05) is 16.0 Å². The molecule has 1 aliphatic carbocycles. The van der Waals surface area contributed by atoms with E-state index in [1.165, 1.54) is 35.5 Å². The zero-order valence-electron chi connectivity index (χ0n) is 12.8. The minimum Gasteiger partial charge on any atom is -0.411 e. The topological polar surface area (TPSA) is 32.6 Å². The van der Waals surface area contributed by atoms with E-state index < -0.39 is 0 Å². The summed E-state index contributed by atoms with van der Waals surface area (Å²) in [6, 6.07) is 20.8. The molecule has 3 rings (SSSR count). The molecule has 0 unspecified atom stereocenters. The highest BCUT2D eigenvalue weighted by molar-refractivity contribution is 7.99. The molecule has 2 aromatic carbocycles. The normalized spacial score (nSPS) is 14.7. The summed E-state index contributed by atoms with van der Waals surface area (Å²) >= 11 is 1.79. The van der Waals surface area contributed by atoms with Crippen LogP contribution in [0.5, 0.6) is 0 Å². The molecule has 0 spiro atoms. The molecule has 3 heteroatoms. The predicted octanol–water partition coefficient (Wildman–Crippen LogP) is 5.86. The molecule has 0 radical (unpaired) electrons. The van der Waals surface area contributed by atoms with E-state index in [9.17, 15) is 0 Å². The molecule has 22 heavy (non-hydrogen) atoms. The van der Waals surface area contributed by atoms with E-state index in [1.54, 1.807) is 18.0 Å². The lowest BCUT2D eigenvalue weighted by Crippen LogP contribution is -1.92. The number of rotatable bonds is 4. The van der Waals surface area contributed by atoms with E-state index in [0.29, 0.717) is 0 Å². The first-order valence-corrected chi connectivity index (χ1v) is 8.64. The molecule has 0 heterocycles. The van der Waals surface area contributed by atoms with E-state index in [1.807, 2.05) is 12.1 Å². The van der Waals surface area contributed by atoms with Crippen LogP contribution in [0.1, 0.15) is 32.1 Å². The van der Waals surface area contributed by atoms with Crippen LogP contribution >= 0.6 is 11.8 Å². The van der Waals surface area contributed by atoms with Crippen molar-refractivity contribution in [3.05, 3.63) is 60.7 Å². The van der Waals surface area contributed by atoms with Crippen molar-refractivity contribution in [3.8, 4) is 0 Å². The maximum atomic E-state index is 8.10. The minimum absolute atomic E-state index is 0.806. The molecule has 0 atom stereocenters. The van der Waals surface area contributed by atoms with Crippen LogP contribution < -0.4 is 0 Å². The summed E-state index contributed by atoms with van der Waals surface area (Å²) in [5.41, 5.74) is 0. The smallest absolute Gasteiger partial charge is 0.0438 e. The van der Waals surface area contributed by atoms with Gasteiger partial charge in [-0.2, -0.15) is 0 Å². The zero-order valence-corrected chi connectivity index (χ0v) is 13.6. The first kappa shape index (κ1) is 16.6. The third-order valence-electron chi connectivity index (χ3n) is 3.72. The van der Waals surface area contributed by atoms with Crippen LogP contribution in [0.4, 0.5) is 0 Å². The minimum atomic E-state index is 0.806. The Labute approximate surface area is 137 Å². The largest absolute Gasteiger partial charge is 0.411 e. The molecular weight excluding hydrogens is 290 g/mol. The molecule has 0 aromatic heterocycles. The average molecular weight is 313 g/mol. The van der Waals surface area contributed by atoms with Crippen LogP contribution in [0.3, 0.4) is 0 Å². The summed E-state index contributed by atoms with van der Waals surface area (Å²) in [6.45, 7) is 0. The lowest BCUT2D eigenvalue weighted by atomic mass is 10.1. The highest BCUT2D eigenvalue weighted by Gasteiger charge is 2.12. The van der Waals surface area contributed by atoms with Crippen molar-refractivity contribution in [2.75, 3.05) is 0 Å². The second kappa shape index (κ2) is 10.1. The highest BCUT2D eigenvalue weighted by atomic mass is 32.2. The fourth-order valence-corrected chi connectivity index (χ4v) is 3.41. The quantitative estimate of drug-likeness (QED) is 0.435. The molecule has 116 valence electrons. The highest BCUT2D eigenvalue weighted by Crippen LogP contribution is 2.27. The van der Waals surface area contributed by atoms with Crippen molar-refractivity contribution in [2.45, 2.75) is 41.9 Å². The van der Waals surface area contributed by atoms with Gasteiger partial charge in [-0.15, -0.1) is 5.16 Å². The van der Waals surface area contributed by atoms with Gasteiger partial charge in [0.2, 0.25) is 0 Å². The van der Waals surface area contributed by atoms with Crippen LogP contribution in [0, 0.1) is 5.92 Å². The molecule has 1 saturated carbocycles. The van der Waals surface area contributed by atoms with Crippen molar-refractivity contribution < 1.29 is 5.21 Å². The van der Waals surface area contributed by atoms with E-state index in [2.05, 4.69) is 53.7 Å². The monoisotopic (exact) mass is 313 g/mol. The number of benzene rings is 2. The van der Waals surface area contributed by atoms with Crippen molar-refractivity contribution in [2.24, 2.45) is 11.1 Å². The van der Waals surface area contributed by atoms with Gasteiger partial charge in [0.15, 0.2) is 0 Å². The number of oxime groups is 1. The predicted molar refractivity (Wildman–Crippen MR) is 93.9 cm³/mol. The first-order chi connectivity index (χ1) is 10.9. The number of hydrogen-bond acceptors (Lipinski definition) is 3. The molecule has 0 saturated heterocycles. The molecule has 1 aliphatic rings. The standard InChI is InChI=1S/C12H10S.C7H13NO/c1-3-7-11(8-4-1)13-12-9-5-2-6-10-12;9-8-6-5-7-3-1-2-4-7/h1-10H;6-7,9H,1-5H2. The Balaban J connectivity index is 0.000000172. The Morgan fingerprint density at radius 2 is 1.41 bits per heavy atom. The van der Waals surface area contributed by atoms with Crippen molar-refractivity contribution >= 4 is 18.0 Å². The van der Waals surface area contributed by atoms with Gasteiger partial charge in [-0.3, -0.25) is 0 Å². The Kier molecular flexibility index (Phi) is 7.61. The van der Waals surface area contributed by atoms with E-state index in [-0.39, 0.29) is 0 Å². The molecular formula is C19H23NOS. The molecule has 2 aromatic rings. The summed E-state index contributed by atoms with van der Waals surface area (Å²) < 4.78 is 0. The van der Waals surface area contributed by atoms with Crippen molar-refractivity contribution in [1.29, 1.82) is 0 Å². The number of hydrogen-bond donors (Lipinski definition) is 1. The fraction of sp³-hybridized carbons (Fsp3) is 0.316. The van der Waals surface area contributed by atoms with E-state index >= 15 is 0 Å². The second-order valence-corrected chi connectivity index (χ2v) is 6.56. The van der Waals surface area contributed by atoms with Crippen LogP contribution in [-0.4, -0.2) is 11.4 Å². The van der Waals surface area contributed by atoms with Gasteiger partial charge in [0.25, 0.3) is 0 Å².